The summed E-state index contributed by atoms with van der Waals surface area (Å²) in [7, 11) is 3.29. The van der Waals surface area contributed by atoms with Gasteiger partial charge in [0, 0.05) is 44.7 Å². The van der Waals surface area contributed by atoms with Crippen molar-refractivity contribution in [3.05, 3.63) is 11.6 Å². The molecule has 0 aromatic heterocycles. The van der Waals surface area contributed by atoms with Crippen molar-refractivity contribution in [2.24, 2.45) is 0 Å². The summed E-state index contributed by atoms with van der Waals surface area (Å²) in [5.41, 5.74) is -0.0803. The lowest BCUT2D eigenvalue weighted by Gasteiger charge is -2.35. The van der Waals surface area contributed by atoms with Crippen LogP contribution in [-0.2, 0) is 14.3 Å². The Morgan fingerprint density at radius 2 is 2.11 bits per heavy atom. The number of rotatable bonds is 5. The Bertz CT molecular complexity index is 308. The molecule has 1 heterocycles. The molecule has 0 spiro atoms. The van der Waals surface area contributed by atoms with Crippen molar-refractivity contribution in [3.63, 3.8) is 0 Å². The van der Waals surface area contributed by atoms with E-state index in [4.69, 9.17) is 4.74 Å². The highest BCUT2D eigenvalue weighted by atomic mass is 16.5. The molecule has 0 bridgehead atoms. The van der Waals surface area contributed by atoms with E-state index in [1.807, 2.05) is 18.0 Å². The number of nitrogens with zero attached hydrogens (tertiary/aromatic N) is 1. The summed E-state index contributed by atoms with van der Waals surface area (Å²) >= 11 is 0. The number of hydrogen-bond acceptors (Lipinski definition) is 5. The molecule has 0 aromatic carbocycles. The average Bonchev–Trinajstić information content (AvgIpc) is 2.35. The zero-order valence-electron chi connectivity index (χ0n) is 11.4. The molecule has 1 aliphatic heterocycles. The van der Waals surface area contributed by atoms with Gasteiger partial charge in [0.2, 0.25) is 0 Å². The lowest BCUT2D eigenvalue weighted by atomic mass is 9.94. The van der Waals surface area contributed by atoms with Crippen LogP contribution in [0.5, 0.6) is 0 Å². The number of ether oxygens (including phenoxy) is 2. The lowest BCUT2D eigenvalue weighted by molar-refractivity contribution is -0.136. The maximum absolute atomic E-state index is 11.2. The number of esters is 1. The molecule has 5 heteroatoms. The van der Waals surface area contributed by atoms with E-state index in [9.17, 15) is 9.90 Å². The van der Waals surface area contributed by atoms with Crippen LogP contribution in [0.4, 0.5) is 0 Å². The molecule has 1 rings (SSSR count). The minimum Gasteiger partial charge on any atom is -0.466 e. The molecule has 0 saturated carbocycles. The first kappa shape index (κ1) is 15.1. The highest BCUT2D eigenvalue weighted by Gasteiger charge is 2.30. The van der Waals surface area contributed by atoms with Crippen molar-refractivity contribution in [1.82, 2.24) is 4.90 Å². The fourth-order valence-electron chi connectivity index (χ4n) is 2.01. The van der Waals surface area contributed by atoms with Gasteiger partial charge in [0.05, 0.1) is 12.7 Å². The van der Waals surface area contributed by atoms with Crippen LogP contribution in [0.3, 0.4) is 0 Å². The molecule has 18 heavy (non-hydrogen) atoms. The first-order valence-corrected chi connectivity index (χ1v) is 6.20. The fraction of sp³-hybridized carbons (Fsp3) is 0.769. The van der Waals surface area contributed by atoms with Gasteiger partial charge >= 0.3 is 5.97 Å². The van der Waals surface area contributed by atoms with Crippen molar-refractivity contribution < 1.29 is 19.4 Å². The van der Waals surface area contributed by atoms with Crippen LogP contribution < -0.4 is 0 Å². The van der Waals surface area contributed by atoms with Gasteiger partial charge in [-0.3, -0.25) is 4.90 Å². The summed E-state index contributed by atoms with van der Waals surface area (Å²) in [4.78, 5) is 13.2. The van der Waals surface area contributed by atoms with Gasteiger partial charge in [0.15, 0.2) is 0 Å². The second kappa shape index (κ2) is 6.87. The fourth-order valence-corrected chi connectivity index (χ4v) is 2.01. The van der Waals surface area contributed by atoms with Crippen LogP contribution in [0.1, 0.15) is 19.8 Å². The molecule has 0 aliphatic carbocycles. The summed E-state index contributed by atoms with van der Waals surface area (Å²) in [6.45, 7) is 4.15. The van der Waals surface area contributed by atoms with Crippen LogP contribution >= 0.6 is 0 Å². The Labute approximate surface area is 108 Å². The topological polar surface area (TPSA) is 59.0 Å². The molecule has 5 nitrogen and oxygen atoms in total. The molecule has 0 radical (unpaired) electrons. The molecule has 0 unspecified atom stereocenters. The molecule has 1 saturated heterocycles. The molecule has 104 valence electrons. The van der Waals surface area contributed by atoms with Gasteiger partial charge in [-0.2, -0.15) is 0 Å². The lowest BCUT2D eigenvalue weighted by Crippen LogP contribution is -2.45. The second-order valence-electron chi connectivity index (χ2n) is 4.91. The molecule has 0 atom stereocenters. The summed E-state index contributed by atoms with van der Waals surface area (Å²) in [6, 6.07) is 0. The molecular weight excluding hydrogens is 234 g/mol. The largest absolute Gasteiger partial charge is 0.466 e. The summed E-state index contributed by atoms with van der Waals surface area (Å²) in [5.74, 6) is -0.312. The van der Waals surface area contributed by atoms with Crippen molar-refractivity contribution in [2.75, 3.05) is 40.5 Å². The minimum atomic E-state index is -0.667. The zero-order valence-corrected chi connectivity index (χ0v) is 11.4. The van der Waals surface area contributed by atoms with Gasteiger partial charge in [0.25, 0.3) is 0 Å². The highest BCUT2D eigenvalue weighted by Crippen LogP contribution is 2.21. The predicted molar refractivity (Wildman–Crippen MR) is 68.3 cm³/mol. The number of carbonyl (C=O) groups excluding carboxylic acids is 1. The summed E-state index contributed by atoms with van der Waals surface area (Å²) < 4.78 is 9.86. The molecular formula is C13H23NO4. The van der Waals surface area contributed by atoms with Crippen molar-refractivity contribution in [1.29, 1.82) is 0 Å². The van der Waals surface area contributed by atoms with E-state index < -0.39 is 5.60 Å². The number of likely N-dealkylation sites (N-methyl/N-ethyl adjacent to an activating group) is 1. The van der Waals surface area contributed by atoms with E-state index in [1.54, 1.807) is 6.92 Å². The Kier molecular flexibility index (Phi) is 5.78. The third kappa shape index (κ3) is 4.76. The first-order valence-electron chi connectivity index (χ1n) is 6.20. The zero-order chi connectivity index (χ0) is 13.6. The number of carbonyl (C=O) groups is 1. The Morgan fingerprint density at radius 1 is 1.50 bits per heavy atom. The van der Waals surface area contributed by atoms with E-state index in [0.717, 1.165) is 0 Å². The molecule has 1 N–H and O–H groups in total. The number of aliphatic hydroxyl groups is 1. The molecule has 1 aliphatic rings. The smallest absolute Gasteiger partial charge is 0.333 e. The van der Waals surface area contributed by atoms with E-state index >= 15 is 0 Å². The van der Waals surface area contributed by atoms with Gasteiger partial charge in [-0.1, -0.05) is 6.08 Å². The highest BCUT2D eigenvalue weighted by molar-refractivity contribution is 5.87. The standard InChI is InChI=1S/C13H23NO4/c1-11(12(15)17-3)4-7-14(2)10-13(16)5-8-18-9-6-13/h4,16H,5-10H2,1-3H3. The molecule has 0 amide bonds. The summed E-state index contributed by atoms with van der Waals surface area (Å²) in [5, 5.41) is 10.3. The SMILES string of the molecule is COC(=O)C(C)=CCN(C)CC1(O)CCOCC1. The minimum absolute atomic E-state index is 0.312. The maximum Gasteiger partial charge on any atom is 0.333 e. The van der Waals surface area contributed by atoms with Gasteiger partial charge in [0.1, 0.15) is 0 Å². The Hall–Kier alpha value is -0.910. The van der Waals surface area contributed by atoms with Gasteiger partial charge < -0.3 is 14.6 Å². The second-order valence-corrected chi connectivity index (χ2v) is 4.91. The predicted octanol–water partition coefficient (Wildman–Crippen LogP) is 0.579. The van der Waals surface area contributed by atoms with Crippen molar-refractivity contribution >= 4 is 5.97 Å². The number of methoxy groups -OCH3 is 1. The van der Waals surface area contributed by atoms with Crippen molar-refractivity contribution in [2.45, 2.75) is 25.4 Å². The third-order valence-electron chi connectivity index (χ3n) is 3.20. The van der Waals surface area contributed by atoms with Crippen molar-refractivity contribution in [3.8, 4) is 0 Å². The maximum atomic E-state index is 11.2. The van der Waals surface area contributed by atoms with Gasteiger partial charge in [-0.05, 0) is 14.0 Å². The van der Waals surface area contributed by atoms with Crippen LogP contribution in [0, 0.1) is 0 Å². The van der Waals surface area contributed by atoms with E-state index in [1.165, 1.54) is 7.11 Å². The van der Waals surface area contributed by atoms with Crippen LogP contribution in [0.2, 0.25) is 0 Å². The van der Waals surface area contributed by atoms with Gasteiger partial charge in [-0.15, -0.1) is 0 Å². The molecule has 1 fully saturated rings. The number of hydrogen-bond donors (Lipinski definition) is 1. The third-order valence-corrected chi connectivity index (χ3v) is 3.20. The normalized spacial score (nSPS) is 19.9. The average molecular weight is 257 g/mol. The Morgan fingerprint density at radius 3 is 2.67 bits per heavy atom. The van der Waals surface area contributed by atoms with Gasteiger partial charge in [-0.25, -0.2) is 4.79 Å². The van der Waals surface area contributed by atoms with Crippen LogP contribution in [0.15, 0.2) is 11.6 Å². The van der Waals surface area contributed by atoms with E-state index in [2.05, 4.69) is 4.74 Å². The van der Waals surface area contributed by atoms with Crippen LogP contribution in [0.25, 0.3) is 0 Å². The van der Waals surface area contributed by atoms with E-state index in [0.29, 0.717) is 44.7 Å². The quantitative estimate of drug-likeness (QED) is 0.576. The molecule has 0 aromatic rings. The van der Waals surface area contributed by atoms with E-state index in [-0.39, 0.29) is 5.97 Å². The monoisotopic (exact) mass is 257 g/mol. The summed E-state index contributed by atoms with van der Waals surface area (Å²) in [6.07, 6.45) is 3.14. The Balaban J connectivity index is 2.41. The first-order chi connectivity index (χ1) is 8.47. The van der Waals surface area contributed by atoms with Crippen LogP contribution in [-0.4, -0.2) is 62.0 Å².